The van der Waals surface area contributed by atoms with Crippen molar-refractivity contribution in [2.24, 2.45) is 0 Å². The third-order valence-electron chi connectivity index (χ3n) is 2.02. The molecule has 0 unspecified atom stereocenters. The molecule has 3 rings (SSSR count). The van der Waals surface area contributed by atoms with Crippen LogP contribution in [0.15, 0.2) is 30.0 Å². The van der Waals surface area contributed by atoms with Gasteiger partial charge in [0.05, 0.1) is 11.6 Å². The summed E-state index contributed by atoms with van der Waals surface area (Å²) >= 11 is 1.60. The maximum absolute atomic E-state index is 4.19. The zero-order valence-corrected chi connectivity index (χ0v) is 8.45. The highest BCUT2D eigenvalue weighted by molar-refractivity contribution is 7.16. The van der Waals surface area contributed by atoms with E-state index in [0.717, 1.165) is 21.9 Å². The number of thiophene rings is 1. The van der Waals surface area contributed by atoms with Crippen LogP contribution in [-0.2, 0) is 0 Å². The molecule has 6 heteroatoms. The zero-order valence-electron chi connectivity index (χ0n) is 7.64. The van der Waals surface area contributed by atoms with Gasteiger partial charge in [-0.3, -0.25) is 5.10 Å². The standard InChI is InChI=1S/C9H7N5S/c1-3-12-14-7(1)13-8-6-2-4-15-9(6)11-5-10-8/h1-5H,(H2,10,11,12,13,14). The largest absolute Gasteiger partial charge is 0.325 e. The summed E-state index contributed by atoms with van der Waals surface area (Å²) in [6.45, 7) is 0. The molecule has 2 N–H and O–H groups in total. The van der Waals surface area contributed by atoms with Crippen LogP contribution < -0.4 is 5.32 Å². The Morgan fingerprint density at radius 3 is 3.13 bits per heavy atom. The van der Waals surface area contributed by atoms with Crippen molar-refractivity contribution < 1.29 is 0 Å². The van der Waals surface area contributed by atoms with Gasteiger partial charge in [0.2, 0.25) is 0 Å². The van der Waals surface area contributed by atoms with Crippen LogP contribution in [0.3, 0.4) is 0 Å². The molecular weight excluding hydrogens is 210 g/mol. The highest BCUT2D eigenvalue weighted by Crippen LogP contribution is 2.25. The fraction of sp³-hybridized carbons (Fsp3) is 0. The van der Waals surface area contributed by atoms with E-state index in [0.29, 0.717) is 0 Å². The number of aromatic amines is 1. The number of nitrogens with one attached hydrogen (secondary N) is 2. The Bertz CT molecular complexity index is 571. The maximum atomic E-state index is 4.19. The van der Waals surface area contributed by atoms with Crippen molar-refractivity contribution >= 4 is 33.2 Å². The van der Waals surface area contributed by atoms with Gasteiger partial charge in [0.15, 0.2) is 0 Å². The molecule has 0 atom stereocenters. The van der Waals surface area contributed by atoms with Crippen LogP contribution in [-0.4, -0.2) is 20.2 Å². The first kappa shape index (κ1) is 8.37. The zero-order chi connectivity index (χ0) is 10.1. The number of anilines is 2. The van der Waals surface area contributed by atoms with Crippen LogP contribution in [0.4, 0.5) is 11.6 Å². The van der Waals surface area contributed by atoms with E-state index in [1.165, 1.54) is 0 Å². The highest BCUT2D eigenvalue weighted by Gasteiger charge is 2.04. The lowest BCUT2D eigenvalue weighted by atomic mass is 10.4. The number of hydrogen-bond acceptors (Lipinski definition) is 5. The summed E-state index contributed by atoms with van der Waals surface area (Å²) < 4.78 is 0. The van der Waals surface area contributed by atoms with E-state index in [-0.39, 0.29) is 0 Å². The Labute approximate surface area is 89.2 Å². The topological polar surface area (TPSA) is 66.5 Å². The summed E-state index contributed by atoms with van der Waals surface area (Å²) in [7, 11) is 0. The van der Waals surface area contributed by atoms with E-state index >= 15 is 0 Å². The number of nitrogens with zero attached hydrogens (tertiary/aromatic N) is 3. The van der Waals surface area contributed by atoms with Gasteiger partial charge in [0.25, 0.3) is 0 Å². The van der Waals surface area contributed by atoms with Crippen molar-refractivity contribution in [3.05, 3.63) is 30.0 Å². The lowest BCUT2D eigenvalue weighted by Crippen LogP contribution is -1.94. The van der Waals surface area contributed by atoms with Crippen LogP contribution in [0.2, 0.25) is 0 Å². The summed E-state index contributed by atoms with van der Waals surface area (Å²) in [4.78, 5) is 9.34. The second-order valence-corrected chi connectivity index (χ2v) is 3.85. The maximum Gasteiger partial charge on any atom is 0.143 e. The molecule has 0 saturated carbocycles. The van der Waals surface area contributed by atoms with Gasteiger partial charge in [-0.25, -0.2) is 9.97 Å². The normalized spacial score (nSPS) is 10.7. The molecule has 0 radical (unpaired) electrons. The van der Waals surface area contributed by atoms with Gasteiger partial charge in [0, 0.05) is 6.07 Å². The molecule has 15 heavy (non-hydrogen) atoms. The minimum atomic E-state index is 0.797. The number of rotatable bonds is 2. The Morgan fingerprint density at radius 1 is 1.27 bits per heavy atom. The summed E-state index contributed by atoms with van der Waals surface area (Å²) in [6, 6.07) is 3.85. The summed E-state index contributed by atoms with van der Waals surface area (Å²) in [5.74, 6) is 1.62. The second-order valence-electron chi connectivity index (χ2n) is 2.96. The molecule has 5 nitrogen and oxygen atoms in total. The third kappa shape index (κ3) is 1.44. The number of fused-ring (bicyclic) bond motifs is 1. The molecule has 0 amide bonds. The monoisotopic (exact) mass is 217 g/mol. The minimum Gasteiger partial charge on any atom is -0.325 e. The highest BCUT2D eigenvalue weighted by atomic mass is 32.1. The van der Waals surface area contributed by atoms with Crippen LogP contribution >= 0.6 is 11.3 Å². The fourth-order valence-corrected chi connectivity index (χ4v) is 2.08. The predicted molar refractivity (Wildman–Crippen MR) is 59.3 cm³/mol. The van der Waals surface area contributed by atoms with E-state index < -0.39 is 0 Å². The molecule has 0 aliphatic heterocycles. The molecule has 3 aromatic heterocycles. The van der Waals surface area contributed by atoms with Crippen molar-refractivity contribution in [2.45, 2.75) is 0 Å². The molecule has 0 saturated heterocycles. The first-order valence-corrected chi connectivity index (χ1v) is 5.26. The van der Waals surface area contributed by atoms with Crippen LogP contribution in [0.1, 0.15) is 0 Å². The Kier molecular flexibility index (Phi) is 1.85. The Balaban J connectivity index is 2.07. The summed E-state index contributed by atoms with van der Waals surface area (Å²) in [6.07, 6.45) is 3.24. The average molecular weight is 217 g/mol. The van der Waals surface area contributed by atoms with Crippen molar-refractivity contribution in [3.8, 4) is 0 Å². The van der Waals surface area contributed by atoms with Gasteiger partial charge >= 0.3 is 0 Å². The minimum absolute atomic E-state index is 0.797. The van der Waals surface area contributed by atoms with Crippen molar-refractivity contribution in [1.29, 1.82) is 0 Å². The van der Waals surface area contributed by atoms with E-state index in [2.05, 4.69) is 25.5 Å². The van der Waals surface area contributed by atoms with Crippen molar-refractivity contribution in [1.82, 2.24) is 20.2 Å². The molecule has 3 aromatic rings. The van der Waals surface area contributed by atoms with Gasteiger partial charge in [-0.2, -0.15) is 5.10 Å². The van der Waals surface area contributed by atoms with E-state index in [1.807, 2.05) is 17.5 Å². The first-order chi connectivity index (χ1) is 7.43. The lowest BCUT2D eigenvalue weighted by molar-refractivity contribution is 1.09. The Hall–Kier alpha value is -1.95. The molecule has 0 aliphatic rings. The molecule has 74 valence electrons. The smallest absolute Gasteiger partial charge is 0.143 e. The molecule has 0 spiro atoms. The molecular formula is C9H7N5S. The molecule has 0 fully saturated rings. The summed E-state index contributed by atoms with van der Waals surface area (Å²) in [5.41, 5.74) is 0. The van der Waals surface area contributed by atoms with Gasteiger partial charge in [-0.05, 0) is 11.4 Å². The quantitative estimate of drug-likeness (QED) is 0.690. The molecule has 3 heterocycles. The third-order valence-corrected chi connectivity index (χ3v) is 2.84. The first-order valence-electron chi connectivity index (χ1n) is 4.38. The molecule has 0 aliphatic carbocycles. The SMILES string of the molecule is c1cc(Nc2ncnc3sccc23)[nH]n1. The Morgan fingerprint density at radius 2 is 2.27 bits per heavy atom. The van der Waals surface area contributed by atoms with Crippen LogP contribution in [0, 0.1) is 0 Å². The van der Waals surface area contributed by atoms with Crippen LogP contribution in [0.25, 0.3) is 10.2 Å². The van der Waals surface area contributed by atoms with E-state index in [9.17, 15) is 0 Å². The van der Waals surface area contributed by atoms with Gasteiger partial charge < -0.3 is 5.32 Å². The van der Waals surface area contributed by atoms with E-state index in [4.69, 9.17) is 0 Å². The van der Waals surface area contributed by atoms with Gasteiger partial charge in [0.1, 0.15) is 22.8 Å². The molecule has 0 bridgehead atoms. The number of hydrogen-bond donors (Lipinski definition) is 2. The van der Waals surface area contributed by atoms with E-state index in [1.54, 1.807) is 23.9 Å². The second kappa shape index (κ2) is 3.32. The van der Waals surface area contributed by atoms with Gasteiger partial charge in [-0.15, -0.1) is 11.3 Å². The number of H-pyrrole nitrogens is 1. The summed E-state index contributed by atoms with van der Waals surface area (Å²) in [5, 5.41) is 12.9. The van der Waals surface area contributed by atoms with Gasteiger partial charge in [-0.1, -0.05) is 0 Å². The average Bonchev–Trinajstić information content (AvgIpc) is 2.87. The van der Waals surface area contributed by atoms with Crippen molar-refractivity contribution in [2.75, 3.05) is 5.32 Å². The van der Waals surface area contributed by atoms with Crippen LogP contribution in [0.5, 0.6) is 0 Å². The van der Waals surface area contributed by atoms with Crippen molar-refractivity contribution in [3.63, 3.8) is 0 Å². The number of aromatic nitrogens is 4. The lowest BCUT2D eigenvalue weighted by Gasteiger charge is -2.02. The predicted octanol–water partition coefficient (Wildman–Crippen LogP) is 2.16. The fourth-order valence-electron chi connectivity index (χ4n) is 1.34. The molecule has 0 aromatic carbocycles.